The highest BCUT2D eigenvalue weighted by Crippen LogP contribution is 2.20. The van der Waals surface area contributed by atoms with E-state index in [1.165, 1.54) is 0 Å². The van der Waals surface area contributed by atoms with Crippen LogP contribution in [0.2, 0.25) is 0 Å². The lowest BCUT2D eigenvalue weighted by molar-refractivity contribution is 0.0956. The van der Waals surface area contributed by atoms with Crippen molar-refractivity contribution in [3.63, 3.8) is 0 Å². The topological polar surface area (TPSA) is 87.4 Å². The molecule has 0 aliphatic carbocycles. The van der Waals surface area contributed by atoms with Crippen LogP contribution in [0.25, 0.3) is 0 Å². The molecule has 106 valence electrons. The summed E-state index contributed by atoms with van der Waals surface area (Å²) >= 11 is 0. The van der Waals surface area contributed by atoms with Gasteiger partial charge in [0.05, 0.1) is 11.4 Å². The summed E-state index contributed by atoms with van der Waals surface area (Å²) in [6, 6.07) is 5.27. The monoisotopic (exact) mass is 265 g/mol. The van der Waals surface area contributed by atoms with Gasteiger partial charge in [0.15, 0.2) is 0 Å². The number of aliphatic hydroxyl groups is 1. The van der Waals surface area contributed by atoms with Crippen molar-refractivity contribution >= 4 is 17.3 Å². The van der Waals surface area contributed by atoms with Gasteiger partial charge in [-0.15, -0.1) is 0 Å². The van der Waals surface area contributed by atoms with Gasteiger partial charge >= 0.3 is 0 Å². The molecular weight excluding hydrogens is 242 g/mol. The third kappa shape index (κ3) is 5.18. The summed E-state index contributed by atoms with van der Waals surface area (Å²) in [6.45, 7) is 3.53. The van der Waals surface area contributed by atoms with E-state index in [1.807, 2.05) is 13.0 Å². The van der Waals surface area contributed by atoms with E-state index < -0.39 is 0 Å². The highest BCUT2D eigenvalue weighted by Gasteiger charge is 2.06. The lowest BCUT2D eigenvalue weighted by atomic mass is 10.1. The van der Waals surface area contributed by atoms with Crippen LogP contribution >= 0.6 is 0 Å². The molecule has 0 bridgehead atoms. The van der Waals surface area contributed by atoms with Gasteiger partial charge in [0.2, 0.25) is 0 Å². The van der Waals surface area contributed by atoms with Crippen LogP contribution in [-0.2, 0) is 0 Å². The Hall–Kier alpha value is -1.75. The van der Waals surface area contributed by atoms with Gasteiger partial charge in [0.1, 0.15) is 0 Å². The molecule has 0 fully saturated rings. The molecule has 0 aliphatic rings. The molecule has 1 aromatic carbocycles. The number of benzene rings is 1. The van der Waals surface area contributed by atoms with Gasteiger partial charge in [-0.05, 0) is 44.4 Å². The van der Waals surface area contributed by atoms with Gasteiger partial charge in [0, 0.05) is 25.3 Å². The minimum Gasteiger partial charge on any atom is -0.397 e. The molecule has 1 rings (SSSR count). The van der Waals surface area contributed by atoms with Crippen molar-refractivity contribution in [2.24, 2.45) is 0 Å². The lowest BCUT2D eigenvalue weighted by Crippen LogP contribution is -2.22. The van der Waals surface area contributed by atoms with Crippen molar-refractivity contribution < 1.29 is 9.90 Å². The fourth-order valence-electron chi connectivity index (χ4n) is 1.76. The van der Waals surface area contributed by atoms with Crippen LogP contribution in [0.1, 0.15) is 36.5 Å². The quantitative estimate of drug-likeness (QED) is 0.424. The van der Waals surface area contributed by atoms with Crippen molar-refractivity contribution in [3.05, 3.63) is 23.8 Å². The zero-order valence-electron chi connectivity index (χ0n) is 11.4. The average Bonchev–Trinajstić information content (AvgIpc) is 2.40. The number of nitrogens with two attached hydrogens (primary N) is 1. The fourth-order valence-corrected chi connectivity index (χ4v) is 1.76. The van der Waals surface area contributed by atoms with Crippen LogP contribution in [0.3, 0.4) is 0 Å². The molecule has 0 atom stereocenters. The molecule has 0 saturated heterocycles. The second kappa shape index (κ2) is 8.37. The van der Waals surface area contributed by atoms with Gasteiger partial charge in [-0.2, -0.15) is 0 Å². The molecule has 0 heterocycles. The summed E-state index contributed by atoms with van der Waals surface area (Å²) in [6.07, 6.45) is 2.80. The molecule has 5 nitrogen and oxygen atoms in total. The van der Waals surface area contributed by atoms with Crippen molar-refractivity contribution in [3.8, 4) is 0 Å². The molecule has 0 aromatic heterocycles. The van der Waals surface area contributed by atoms with Crippen LogP contribution < -0.4 is 16.4 Å². The van der Waals surface area contributed by atoms with Crippen LogP contribution in [0, 0.1) is 0 Å². The van der Waals surface area contributed by atoms with E-state index in [4.69, 9.17) is 10.8 Å². The third-order valence-corrected chi connectivity index (χ3v) is 2.80. The van der Waals surface area contributed by atoms with Crippen LogP contribution in [0.4, 0.5) is 11.4 Å². The van der Waals surface area contributed by atoms with Gasteiger partial charge < -0.3 is 21.5 Å². The van der Waals surface area contributed by atoms with E-state index in [0.717, 1.165) is 31.5 Å². The summed E-state index contributed by atoms with van der Waals surface area (Å²) in [5.74, 6) is -0.108. The molecule has 1 aromatic rings. The summed E-state index contributed by atoms with van der Waals surface area (Å²) in [4.78, 5) is 11.6. The number of anilines is 2. The molecule has 5 N–H and O–H groups in total. The first-order valence-corrected chi connectivity index (χ1v) is 6.71. The number of aliphatic hydroxyl groups excluding tert-OH is 1. The van der Waals surface area contributed by atoms with Crippen molar-refractivity contribution in [1.82, 2.24) is 5.32 Å². The Morgan fingerprint density at radius 1 is 1.32 bits per heavy atom. The standard InChI is InChI=1S/C14H23N3O2/c1-2-16-14(19)11-6-7-13(12(15)10-11)17-8-4-3-5-9-18/h6-7,10,17-18H,2-5,8-9,15H2,1H3,(H,16,19). The molecule has 0 radical (unpaired) electrons. The first-order valence-electron chi connectivity index (χ1n) is 6.71. The molecule has 19 heavy (non-hydrogen) atoms. The second-order valence-corrected chi connectivity index (χ2v) is 4.37. The van der Waals surface area contributed by atoms with E-state index in [0.29, 0.717) is 17.8 Å². The Labute approximate surface area is 114 Å². The van der Waals surface area contributed by atoms with Crippen LogP contribution in [0.5, 0.6) is 0 Å². The molecular formula is C14H23N3O2. The summed E-state index contributed by atoms with van der Waals surface area (Å²) in [7, 11) is 0. The van der Waals surface area contributed by atoms with Crippen LogP contribution in [0.15, 0.2) is 18.2 Å². The van der Waals surface area contributed by atoms with E-state index in [1.54, 1.807) is 12.1 Å². The number of amides is 1. The van der Waals surface area contributed by atoms with E-state index in [9.17, 15) is 4.79 Å². The van der Waals surface area contributed by atoms with Gasteiger partial charge in [-0.1, -0.05) is 0 Å². The Balaban J connectivity index is 2.50. The maximum Gasteiger partial charge on any atom is 0.251 e. The number of rotatable bonds is 8. The average molecular weight is 265 g/mol. The number of carbonyl (C=O) groups excluding carboxylic acids is 1. The number of carbonyl (C=O) groups is 1. The number of nitrogen functional groups attached to an aromatic ring is 1. The molecule has 5 heteroatoms. The summed E-state index contributed by atoms with van der Waals surface area (Å²) < 4.78 is 0. The maximum atomic E-state index is 11.6. The number of nitrogens with one attached hydrogen (secondary N) is 2. The molecule has 0 unspecified atom stereocenters. The third-order valence-electron chi connectivity index (χ3n) is 2.80. The largest absolute Gasteiger partial charge is 0.397 e. The van der Waals surface area contributed by atoms with Crippen LogP contribution in [-0.4, -0.2) is 30.7 Å². The zero-order chi connectivity index (χ0) is 14.1. The van der Waals surface area contributed by atoms with Crippen molar-refractivity contribution in [1.29, 1.82) is 0 Å². The van der Waals surface area contributed by atoms with E-state index in [-0.39, 0.29) is 12.5 Å². The predicted octanol–water partition coefficient (Wildman–Crippen LogP) is 1.59. The lowest BCUT2D eigenvalue weighted by Gasteiger charge is -2.10. The smallest absolute Gasteiger partial charge is 0.251 e. The number of hydrogen-bond donors (Lipinski definition) is 4. The Morgan fingerprint density at radius 3 is 2.74 bits per heavy atom. The normalized spacial score (nSPS) is 10.2. The van der Waals surface area contributed by atoms with Gasteiger partial charge in [-0.3, -0.25) is 4.79 Å². The molecule has 1 amide bonds. The Morgan fingerprint density at radius 2 is 2.11 bits per heavy atom. The first kappa shape index (κ1) is 15.3. The molecule has 0 saturated carbocycles. The van der Waals surface area contributed by atoms with E-state index in [2.05, 4.69) is 10.6 Å². The minimum atomic E-state index is -0.108. The minimum absolute atomic E-state index is 0.108. The SMILES string of the molecule is CCNC(=O)c1ccc(NCCCCCO)c(N)c1. The molecule has 0 aliphatic heterocycles. The van der Waals surface area contributed by atoms with Gasteiger partial charge in [-0.25, -0.2) is 0 Å². The Kier molecular flexibility index (Phi) is 6.74. The fraction of sp³-hybridized carbons (Fsp3) is 0.500. The number of unbranched alkanes of at least 4 members (excludes halogenated alkanes) is 2. The molecule has 0 spiro atoms. The van der Waals surface area contributed by atoms with E-state index >= 15 is 0 Å². The van der Waals surface area contributed by atoms with Gasteiger partial charge in [0.25, 0.3) is 5.91 Å². The zero-order valence-corrected chi connectivity index (χ0v) is 11.4. The maximum absolute atomic E-state index is 11.6. The summed E-state index contributed by atoms with van der Waals surface area (Å²) in [5, 5.41) is 14.6. The first-order chi connectivity index (χ1) is 9.19. The number of hydrogen-bond acceptors (Lipinski definition) is 4. The summed E-state index contributed by atoms with van der Waals surface area (Å²) in [5.41, 5.74) is 7.91. The highest BCUT2D eigenvalue weighted by atomic mass is 16.2. The Bertz CT molecular complexity index is 408. The second-order valence-electron chi connectivity index (χ2n) is 4.37. The predicted molar refractivity (Wildman–Crippen MR) is 78.3 cm³/mol. The van der Waals surface area contributed by atoms with Crippen molar-refractivity contribution in [2.45, 2.75) is 26.2 Å². The van der Waals surface area contributed by atoms with Crippen molar-refractivity contribution in [2.75, 3.05) is 30.7 Å². The highest BCUT2D eigenvalue weighted by molar-refractivity contribution is 5.96.